The lowest BCUT2D eigenvalue weighted by Gasteiger charge is -2.37. The summed E-state index contributed by atoms with van der Waals surface area (Å²) in [5, 5.41) is 9.55. The van der Waals surface area contributed by atoms with Crippen LogP contribution in [0.15, 0.2) is 17.1 Å². The van der Waals surface area contributed by atoms with Crippen LogP contribution in [0.3, 0.4) is 0 Å². The summed E-state index contributed by atoms with van der Waals surface area (Å²) in [6, 6.07) is 1.20. The number of halogens is 1. The fourth-order valence-corrected chi connectivity index (χ4v) is 5.67. The Morgan fingerprint density at radius 3 is 2.56 bits per heavy atom. The average molecular weight is 446 g/mol. The summed E-state index contributed by atoms with van der Waals surface area (Å²) in [7, 11) is 1.47. The van der Waals surface area contributed by atoms with Crippen LogP contribution in [0, 0.1) is 17.2 Å². The maximum atomic E-state index is 15.6. The highest BCUT2D eigenvalue weighted by atomic mass is 19.1. The average Bonchev–Trinajstić information content (AvgIpc) is 3.52. The zero-order valence-corrected chi connectivity index (χ0v) is 19.2. The highest BCUT2D eigenvalue weighted by molar-refractivity contribution is 5.97. The van der Waals surface area contributed by atoms with Crippen LogP contribution in [0.1, 0.15) is 62.9 Å². The Hall–Kier alpha value is -2.61. The van der Waals surface area contributed by atoms with E-state index in [4.69, 9.17) is 10.5 Å². The minimum absolute atomic E-state index is 0.0371. The molecule has 0 bridgehead atoms. The summed E-state index contributed by atoms with van der Waals surface area (Å²) in [6.07, 6.45) is 4.94. The second-order valence-corrected chi connectivity index (χ2v) is 9.31. The molecule has 2 heterocycles. The molecule has 32 heavy (non-hydrogen) atoms. The van der Waals surface area contributed by atoms with Crippen LogP contribution in [-0.4, -0.2) is 41.9 Å². The van der Waals surface area contributed by atoms with E-state index in [1.54, 1.807) is 4.57 Å². The van der Waals surface area contributed by atoms with Crippen molar-refractivity contribution in [2.24, 2.45) is 17.1 Å². The first-order valence-corrected chi connectivity index (χ1v) is 11.4. The minimum Gasteiger partial charge on any atom is -0.492 e. The van der Waals surface area contributed by atoms with E-state index < -0.39 is 17.2 Å². The van der Waals surface area contributed by atoms with Gasteiger partial charge in [-0.1, -0.05) is 20.3 Å². The van der Waals surface area contributed by atoms with Crippen molar-refractivity contribution in [2.45, 2.75) is 58.5 Å². The summed E-state index contributed by atoms with van der Waals surface area (Å²) in [4.78, 5) is 26.6. The smallest absolute Gasteiger partial charge is 0.341 e. The molecule has 1 aromatic heterocycles. The molecule has 3 N–H and O–H groups in total. The predicted molar refractivity (Wildman–Crippen MR) is 122 cm³/mol. The largest absolute Gasteiger partial charge is 0.492 e. The van der Waals surface area contributed by atoms with Crippen molar-refractivity contribution in [3.63, 3.8) is 0 Å². The van der Waals surface area contributed by atoms with Crippen LogP contribution in [0.5, 0.6) is 5.75 Å². The van der Waals surface area contributed by atoms with Gasteiger partial charge in [-0.2, -0.15) is 0 Å². The van der Waals surface area contributed by atoms with E-state index in [0.717, 1.165) is 25.7 Å². The van der Waals surface area contributed by atoms with Gasteiger partial charge >= 0.3 is 5.97 Å². The number of hydrogen-bond donors (Lipinski definition) is 2. The highest BCUT2D eigenvalue weighted by Crippen LogP contribution is 2.49. The summed E-state index contributed by atoms with van der Waals surface area (Å²) < 4.78 is 23.1. The number of carboxylic acids is 1. The van der Waals surface area contributed by atoms with E-state index in [9.17, 15) is 14.7 Å². The Bertz CT molecular complexity index is 1120. The van der Waals surface area contributed by atoms with Crippen molar-refractivity contribution in [3.05, 3.63) is 33.9 Å². The zero-order valence-electron chi connectivity index (χ0n) is 19.2. The Labute approximate surface area is 187 Å². The maximum absolute atomic E-state index is 15.6. The van der Waals surface area contributed by atoms with Gasteiger partial charge in [-0.25, -0.2) is 9.18 Å². The number of fused-ring (bicyclic) bond motifs is 1. The van der Waals surface area contributed by atoms with Gasteiger partial charge < -0.3 is 25.0 Å². The van der Waals surface area contributed by atoms with Gasteiger partial charge in [0.05, 0.1) is 18.0 Å². The second-order valence-electron chi connectivity index (χ2n) is 9.31. The second kappa shape index (κ2) is 8.06. The van der Waals surface area contributed by atoms with Crippen LogP contribution >= 0.6 is 0 Å². The summed E-state index contributed by atoms with van der Waals surface area (Å²) in [5.41, 5.74) is 6.02. The molecule has 8 heteroatoms. The number of methoxy groups -OCH3 is 1. The fourth-order valence-electron chi connectivity index (χ4n) is 5.67. The standard InChI is InChI=1S/C24H32FN3O4/c1-5-14-10-27(12-24(14,6-2)13(3)26)20-18(25)9-16-19(22(20)32-4)28(15-7-8-15)11-17(21(16)29)23(30)31/h9,11,13-15H,5-8,10,12,26H2,1-4H3,(H,30,31). The van der Waals surface area contributed by atoms with Crippen LogP contribution in [0.4, 0.5) is 10.1 Å². The molecule has 1 aliphatic heterocycles. The monoisotopic (exact) mass is 445 g/mol. The number of rotatable bonds is 7. The van der Waals surface area contributed by atoms with Crippen LogP contribution in [-0.2, 0) is 0 Å². The molecule has 1 aliphatic carbocycles. The molecule has 0 spiro atoms. The molecule has 174 valence electrons. The Kier molecular flexibility index (Phi) is 5.69. The highest BCUT2D eigenvalue weighted by Gasteiger charge is 2.48. The number of hydrogen-bond acceptors (Lipinski definition) is 5. The molecule has 1 aromatic carbocycles. The van der Waals surface area contributed by atoms with E-state index in [0.29, 0.717) is 30.2 Å². The van der Waals surface area contributed by atoms with Gasteiger partial charge in [-0.3, -0.25) is 4.79 Å². The third kappa shape index (κ3) is 3.27. The summed E-state index contributed by atoms with van der Waals surface area (Å²) >= 11 is 0. The molecular formula is C24H32FN3O4. The van der Waals surface area contributed by atoms with Gasteiger partial charge in [-0.05, 0) is 38.2 Å². The molecule has 0 radical (unpaired) electrons. The number of nitrogens with zero attached hydrogens (tertiary/aromatic N) is 2. The lowest BCUT2D eigenvalue weighted by atomic mass is 9.70. The number of benzene rings is 1. The van der Waals surface area contributed by atoms with Crippen molar-refractivity contribution >= 4 is 22.6 Å². The number of pyridine rings is 1. The molecule has 1 saturated heterocycles. The van der Waals surface area contributed by atoms with Gasteiger partial charge in [0.25, 0.3) is 0 Å². The van der Waals surface area contributed by atoms with Gasteiger partial charge in [0.2, 0.25) is 5.43 Å². The maximum Gasteiger partial charge on any atom is 0.341 e. The summed E-state index contributed by atoms with van der Waals surface area (Å²) in [6.45, 7) is 7.52. The van der Waals surface area contributed by atoms with E-state index >= 15 is 4.39 Å². The first kappa shape index (κ1) is 22.6. The topological polar surface area (TPSA) is 97.8 Å². The van der Waals surface area contributed by atoms with Crippen molar-refractivity contribution < 1.29 is 19.0 Å². The molecular weight excluding hydrogens is 413 g/mol. The molecule has 4 rings (SSSR count). The quantitative estimate of drug-likeness (QED) is 0.673. The number of aromatic carboxylic acids is 1. The van der Waals surface area contributed by atoms with Gasteiger partial charge in [0.15, 0.2) is 11.6 Å². The van der Waals surface area contributed by atoms with Gasteiger partial charge in [-0.15, -0.1) is 0 Å². The van der Waals surface area contributed by atoms with Crippen molar-refractivity contribution in [3.8, 4) is 5.75 Å². The molecule has 2 aromatic rings. The van der Waals surface area contributed by atoms with Crippen LogP contribution < -0.4 is 20.8 Å². The van der Waals surface area contributed by atoms with E-state index in [2.05, 4.69) is 13.8 Å². The zero-order chi connectivity index (χ0) is 23.4. The van der Waals surface area contributed by atoms with Crippen LogP contribution in [0.2, 0.25) is 0 Å². The molecule has 2 fully saturated rings. The Balaban J connectivity index is 1.97. The third-order valence-electron chi connectivity index (χ3n) is 7.69. The number of carbonyl (C=O) groups is 1. The SMILES string of the molecule is CCC1CN(c2c(F)cc3c(=O)c(C(=O)O)cn(C4CC4)c3c2OC)CC1(CC)C(C)N. The van der Waals surface area contributed by atoms with Gasteiger partial charge in [0.1, 0.15) is 11.3 Å². The minimum atomic E-state index is -1.32. The number of carboxylic acid groups (broad SMARTS) is 1. The molecule has 1 saturated carbocycles. The predicted octanol–water partition coefficient (Wildman–Crippen LogP) is 3.77. The van der Waals surface area contributed by atoms with Crippen molar-refractivity contribution in [1.29, 1.82) is 0 Å². The van der Waals surface area contributed by atoms with Gasteiger partial charge in [0, 0.05) is 36.8 Å². The van der Waals surface area contributed by atoms with Crippen LogP contribution in [0.25, 0.3) is 10.9 Å². The van der Waals surface area contributed by atoms with Crippen molar-refractivity contribution in [2.75, 3.05) is 25.1 Å². The first-order chi connectivity index (χ1) is 15.2. The fraction of sp³-hybridized carbons (Fsp3) is 0.583. The van der Waals surface area contributed by atoms with E-state index in [1.165, 1.54) is 19.4 Å². The number of ether oxygens (including phenoxy) is 1. The van der Waals surface area contributed by atoms with Crippen molar-refractivity contribution in [1.82, 2.24) is 4.57 Å². The lowest BCUT2D eigenvalue weighted by molar-refractivity contribution is 0.0695. The number of aromatic nitrogens is 1. The molecule has 2 aliphatic rings. The number of anilines is 1. The third-order valence-corrected chi connectivity index (χ3v) is 7.69. The first-order valence-electron chi connectivity index (χ1n) is 11.4. The van der Waals surface area contributed by atoms with E-state index in [-0.39, 0.29) is 34.2 Å². The molecule has 0 amide bonds. The molecule has 3 unspecified atom stereocenters. The van der Waals surface area contributed by atoms with E-state index in [1.807, 2.05) is 11.8 Å². The normalized spacial score (nSPS) is 24.2. The molecule has 7 nitrogen and oxygen atoms in total. The Morgan fingerprint density at radius 1 is 1.41 bits per heavy atom. The Morgan fingerprint density at radius 2 is 2.09 bits per heavy atom. The molecule has 3 atom stereocenters. The number of nitrogens with two attached hydrogens (primary N) is 1. The summed E-state index contributed by atoms with van der Waals surface area (Å²) in [5.74, 6) is -1.31. The lowest BCUT2D eigenvalue weighted by Crippen LogP contribution is -2.45.